The Bertz CT molecular complexity index is 535. The number of thiocarbonyl (C=S) groups is 1. The normalized spacial score (nSPS) is 11.7. The van der Waals surface area contributed by atoms with Crippen molar-refractivity contribution >= 4 is 27.2 Å². The van der Waals surface area contributed by atoms with Gasteiger partial charge in [0, 0.05) is 18.7 Å². The molecule has 0 atom stereocenters. The first-order valence-electron chi connectivity index (χ1n) is 6.33. The van der Waals surface area contributed by atoms with Gasteiger partial charge in [-0.3, -0.25) is 0 Å². The second-order valence-electron chi connectivity index (χ2n) is 4.30. The largest absolute Gasteiger partial charge is 0.389 e. The van der Waals surface area contributed by atoms with Crippen LogP contribution in [0.3, 0.4) is 0 Å². The Balaban J connectivity index is 3.17. The molecule has 0 fully saturated rings. The van der Waals surface area contributed by atoms with Gasteiger partial charge in [0.15, 0.2) is 0 Å². The van der Waals surface area contributed by atoms with Crippen LogP contribution in [-0.4, -0.2) is 30.8 Å². The van der Waals surface area contributed by atoms with E-state index in [9.17, 15) is 8.42 Å². The highest BCUT2D eigenvalue weighted by Crippen LogP contribution is 2.18. The van der Waals surface area contributed by atoms with Crippen LogP contribution >= 0.6 is 12.2 Å². The smallest absolute Gasteiger partial charge is 0.243 e. The van der Waals surface area contributed by atoms with E-state index in [-0.39, 0.29) is 9.88 Å². The number of nitrogens with zero attached hydrogens (tertiary/aromatic N) is 1. The quantitative estimate of drug-likeness (QED) is 0.784. The van der Waals surface area contributed by atoms with Gasteiger partial charge >= 0.3 is 0 Å². The molecule has 0 saturated carbocycles. The Hall–Kier alpha value is -0.980. The summed E-state index contributed by atoms with van der Waals surface area (Å²) >= 11 is 4.88. The molecule has 0 aliphatic heterocycles. The van der Waals surface area contributed by atoms with E-state index in [0.717, 1.165) is 12.8 Å². The SMILES string of the molecule is CCCN(CCC)S(=O)(=O)c1cccc(C(N)=S)c1. The van der Waals surface area contributed by atoms with E-state index in [4.69, 9.17) is 18.0 Å². The van der Waals surface area contributed by atoms with Gasteiger partial charge in [0.1, 0.15) is 4.99 Å². The monoisotopic (exact) mass is 300 g/mol. The van der Waals surface area contributed by atoms with Crippen molar-refractivity contribution in [3.8, 4) is 0 Å². The molecule has 0 aromatic heterocycles. The summed E-state index contributed by atoms with van der Waals surface area (Å²) in [4.78, 5) is 0.453. The highest BCUT2D eigenvalue weighted by atomic mass is 32.2. The van der Waals surface area contributed by atoms with Gasteiger partial charge in [-0.2, -0.15) is 4.31 Å². The van der Waals surface area contributed by atoms with Crippen LogP contribution in [0, 0.1) is 0 Å². The van der Waals surface area contributed by atoms with E-state index in [0.29, 0.717) is 18.7 Å². The summed E-state index contributed by atoms with van der Waals surface area (Å²) in [7, 11) is -3.46. The molecule has 0 spiro atoms. The molecule has 0 aliphatic carbocycles. The summed E-state index contributed by atoms with van der Waals surface area (Å²) in [5.41, 5.74) is 6.12. The van der Waals surface area contributed by atoms with Crippen LogP contribution in [0.2, 0.25) is 0 Å². The van der Waals surface area contributed by atoms with Crippen molar-refractivity contribution < 1.29 is 8.42 Å². The minimum Gasteiger partial charge on any atom is -0.389 e. The molecule has 19 heavy (non-hydrogen) atoms. The van der Waals surface area contributed by atoms with Crippen LogP contribution in [-0.2, 0) is 10.0 Å². The van der Waals surface area contributed by atoms with Gasteiger partial charge in [0.05, 0.1) is 4.90 Å². The lowest BCUT2D eigenvalue weighted by Crippen LogP contribution is -2.32. The molecule has 4 nitrogen and oxygen atoms in total. The summed E-state index contributed by atoms with van der Waals surface area (Å²) in [5.74, 6) is 0. The average Bonchev–Trinajstić information content (AvgIpc) is 2.38. The lowest BCUT2D eigenvalue weighted by atomic mass is 10.2. The summed E-state index contributed by atoms with van der Waals surface area (Å²) in [6.07, 6.45) is 1.57. The number of rotatable bonds is 7. The average molecular weight is 300 g/mol. The molecular weight excluding hydrogens is 280 g/mol. The molecule has 6 heteroatoms. The molecule has 106 valence electrons. The van der Waals surface area contributed by atoms with E-state index < -0.39 is 10.0 Å². The van der Waals surface area contributed by atoms with Gasteiger partial charge in [0.2, 0.25) is 10.0 Å². The van der Waals surface area contributed by atoms with Crippen molar-refractivity contribution in [2.45, 2.75) is 31.6 Å². The van der Waals surface area contributed by atoms with E-state index in [1.54, 1.807) is 18.2 Å². The Kier molecular flexibility index (Phi) is 5.90. The molecule has 0 aliphatic rings. The fourth-order valence-corrected chi connectivity index (χ4v) is 3.61. The molecule has 0 radical (unpaired) electrons. The van der Waals surface area contributed by atoms with E-state index in [1.807, 2.05) is 13.8 Å². The molecule has 1 aromatic carbocycles. The molecular formula is C13H20N2O2S2. The maximum absolute atomic E-state index is 12.5. The zero-order chi connectivity index (χ0) is 14.5. The van der Waals surface area contributed by atoms with Crippen LogP contribution in [0.1, 0.15) is 32.3 Å². The highest BCUT2D eigenvalue weighted by Gasteiger charge is 2.23. The van der Waals surface area contributed by atoms with Crippen molar-refractivity contribution in [3.63, 3.8) is 0 Å². The maximum Gasteiger partial charge on any atom is 0.243 e. The van der Waals surface area contributed by atoms with Gasteiger partial charge in [-0.05, 0) is 25.0 Å². The standard InChI is InChI=1S/C13H20N2O2S2/c1-3-8-15(9-4-2)19(16,17)12-7-5-6-11(10-12)13(14)18/h5-7,10H,3-4,8-9H2,1-2H3,(H2,14,18). The zero-order valence-electron chi connectivity index (χ0n) is 11.3. The van der Waals surface area contributed by atoms with Crippen molar-refractivity contribution in [1.82, 2.24) is 4.31 Å². The number of benzene rings is 1. The Labute approximate surface area is 120 Å². The molecule has 2 N–H and O–H groups in total. The topological polar surface area (TPSA) is 63.4 Å². The maximum atomic E-state index is 12.5. The third-order valence-electron chi connectivity index (χ3n) is 2.70. The van der Waals surface area contributed by atoms with Crippen LogP contribution in [0.25, 0.3) is 0 Å². The molecule has 0 saturated heterocycles. The van der Waals surface area contributed by atoms with Crippen LogP contribution in [0.5, 0.6) is 0 Å². The van der Waals surface area contributed by atoms with Crippen LogP contribution in [0.4, 0.5) is 0 Å². The van der Waals surface area contributed by atoms with Crippen LogP contribution < -0.4 is 5.73 Å². The second kappa shape index (κ2) is 6.98. The first-order valence-corrected chi connectivity index (χ1v) is 8.18. The third kappa shape index (κ3) is 3.99. The molecule has 0 amide bonds. The number of sulfonamides is 1. The number of hydrogen-bond donors (Lipinski definition) is 1. The number of nitrogens with two attached hydrogens (primary N) is 1. The summed E-state index contributed by atoms with van der Waals surface area (Å²) in [5, 5.41) is 0. The van der Waals surface area contributed by atoms with Gasteiger partial charge in [-0.25, -0.2) is 8.42 Å². The van der Waals surface area contributed by atoms with E-state index in [1.165, 1.54) is 10.4 Å². The lowest BCUT2D eigenvalue weighted by molar-refractivity contribution is 0.410. The second-order valence-corrected chi connectivity index (χ2v) is 6.67. The third-order valence-corrected chi connectivity index (χ3v) is 4.83. The predicted octanol–water partition coefficient (Wildman–Crippen LogP) is 2.13. The molecule has 0 bridgehead atoms. The van der Waals surface area contributed by atoms with Crippen LogP contribution in [0.15, 0.2) is 29.2 Å². The summed E-state index contributed by atoms with van der Waals surface area (Å²) in [6.45, 7) is 4.97. The summed E-state index contributed by atoms with van der Waals surface area (Å²) in [6, 6.07) is 6.49. The van der Waals surface area contributed by atoms with Gasteiger partial charge in [-0.15, -0.1) is 0 Å². The lowest BCUT2D eigenvalue weighted by Gasteiger charge is -2.21. The van der Waals surface area contributed by atoms with Crippen molar-refractivity contribution in [3.05, 3.63) is 29.8 Å². The van der Waals surface area contributed by atoms with Gasteiger partial charge < -0.3 is 5.73 Å². The first kappa shape index (κ1) is 16.1. The van der Waals surface area contributed by atoms with Crippen molar-refractivity contribution in [2.75, 3.05) is 13.1 Å². The fraction of sp³-hybridized carbons (Fsp3) is 0.462. The summed E-state index contributed by atoms with van der Waals surface area (Å²) < 4.78 is 26.6. The zero-order valence-corrected chi connectivity index (χ0v) is 12.9. The van der Waals surface area contributed by atoms with Gasteiger partial charge in [0.25, 0.3) is 0 Å². The van der Waals surface area contributed by atoms with E-state index in [2.05, 4.69) is 0 Å². The van der Waals surface area contributed by atoms with Crippen molar-refractivity contribution in [1.29, 1.82) is 0 Å². The molecule has 0 unspecified atom stereocenters. The predicted molar refractivity (Wildman–Crippen MR) is 81.7 cm³/mol. The molecule has 0 heterocycles. The minimum atomic E-state index is -3.46. The Morgan fingerprint density at radius 1 is 1.26 bits per heavy atom. The Morgan fingerprint density at radius 2 is 1.84 bits per heavy atom. The minimum absolute atomic E-state index is 0.203. The fourth-order valence-electron chi connectivity index (χ4n) is 1.81. The molecule has 1 aromatic rings. The van der Waals surface area contributed by atoms with Gasteiger partial charge in [-0.1, -0.05) is 38.2 Å². The number of hydrogen-bond acceptors (Lipinski definition) is 3. The van der Waals surface area contributed by atoms with E-state index >= 15 is 0 Å². The first-order chi connectivity index (χ1) is 8.93. The molecule has 1 rings (SSSR count). The van der Waals surface area contributed by atoms with Crippen molar-refractivity contribution in [2.24, 2.45) is 5.73 Å². The highest BCUT2D eigenvalue weighted by molar-refractivity contribution is 7.89. The Morgan fingerprint density at radius 3 is 2.32 bits per heavy atom.